The van der Waals surface area contributed by atoms with Crippen molar-refractivity contribution in [1.29, 1.82) is 0 Å². The van der Waals surface area contributed by atoms with Crippen LogP contribution in [0.5, 0.6) is 0 Å². The molecule has 102 valence electrons. The number of ether oxygens (including phenoxy) is 1. The molecule has 20 heavy (non-hydrogen) atoms. The summed E-state index contributed by atoms with van der Waals surface area (Å²) in [6.07, 6.45) is 1.62. The zero-order valence-electron chi connectivity index (χ0n) is 11.0. The van der Waals surface area contributed by atoms with Crippen LogP contribution in [-0.4, -0.2) is 24.2 Å². The number of carbonyl (C=O) groups is 1. The summed E-state index contributed by atoms with van der Waals surface area (Å²) in [6.45, 7) is 3.74. The summed E-state index contributed by atoms with van der Waals surface area (Å²) in [5, 5.41) is 2.88. The number of anilines is 1. The highest BCUT2D eigenvalue weighted by Crippen LogP contribution is 2.19. The molecule has 0 saturated carbocycles. The number of hydrogen-bond acceptors (Lipinski definition) is 5. The maximum Gasteiger partial charge on any atom is 0.325 e. The molecule has 0 saturated heterocycles. The Morgan fingerprint density at radius 1 is 1.25 bits per heavy atom. The third-order valence-electron chi connectivity index (χ3n) is 2.60. The fourth-order valence-electron chi connectivity index (χ4n) is 1.61. The highest BCUT2D eigenvalue weighted by molar-refractivity contribution is 5.76. The SMILES string of the molecule is C=Nc1cccnc1NCC(=O)OCc1ccccc1. The van der Waals surface area contributed by atoms with Crippen molar-refractivity contribution in [2.45, 2.75) is 6.61 Å². The number of benzene rings is 1. The van der Waals surface area contributed by atoms with Crippen LogP contribution in [0.2, 0.25) is 0 Å². The number of nitrogens with one attached hydrogen (secondary N) is 1. The number of aromatic nitrogens is 1. The highest BCUT2D eigenvalue weighted by atomic mass is 16.5. The minimum atomic E-state index is -0.352. The van der Waals surface area contributed by atoms with Crippen LogP contribution in [0.4, 0.5) is 11.5 Å². The van der Waals surface area contributed by atoms with Gasteiger partial charge in [0.05, 0.1) is 0 Å². The molecule has 0 bridgehead atoms. The molecule has 1 heterocycles. The van der Waals surface area contributed by atoms with Crippen LogP contribution in [0.1, 0.15) is 5.56 Å². The second-order valence-electron chi connectivity index (χ2n) is 4.03. The van der Waals surface area contributed by atoms with Gasteiger partial charge in [-0.1, -0.05) is 30.3 Å². The monoisotopic (exact) mass is 269 g/mol. The summed E-state index contributed by atoms with van der Waals surface area (Å²) < 4.78 is 5.15. The van der Waals surface area contributed by atoms with Crippen LogP contribution in [0.3, 0.4) is 0 Å². The first kappa shape index (κ1) is 13.7. The predicted octanol–water partition coefficient (Wildman–Crippen LogP) is 2.57. The molecule has 0 unspecified atom stereocenters. The van der Waals surface area contributed by atoms with Gasteiger partial charge in [0.15, 0.2) is 5.82 Å². The first-order chi connectivity index (χ1) is 9.79. The molecule has 0 atom stereocenters. The summed E-state index contributed by atoms with van der Waals surface area (Å²) in [7, 11) is 0. The smallest absolute Gasteiger partial charge is 0.325 e. The fraction of sp³-hybridized carbons (Fsp3) is 0.133. The fourth-order valence-corrected chi connectivity index (χ4v) is 1.61. The minimum Gasteiger partial charge on any atom is -0.460 e. The van der Waals surface area contributed by atoms with E-state index in [1.54, 1.807) is 18.3 Å². The summed E-state index contributed by atoms with van der Waals surface area (Å²) in [4.78, 5) is 19.5. The van der Waals surface area contributed by atoms with Crippen LogP contribution in [-0.2, 0) is 16.1 Å². The summed E-state index contributed by atoms with van der Waals surface area (Å²) in [5.74, 6) is 0.161. The molecule has 0 fully saturated rings. The van der Waals surface area contributed by atoms with Gasteiger partial charge in [0.2, 0.25) is 0 Å². The number of aliphatic imine (C=N–C) groups is 1. The molecule has 5 heteroatoms. The van der Waals surface area contributed by atoms with E-state index in [1.807, 2.05) is 30.3 Å². The number of carbonyl (C=O) groups excluding carboxylic acids is 1. The zero-order chi connectivity index (χ0) is 14.2. The van der Waals surface area contributed by atoms with Gasteiger partial charge in [-0.05, 0) is 24.4 Å². The minimum absolute atomic E-state index is 0.0341. The quantitative estimate of drug-likeness (QED) is 0.646. The Labute approximate surface area is 117 Å². The number of nitrogens with zero attached hydrogens (tertiary/aromatic N) is 2. The number of pyridine rings is 1. The van der Waals surface area contributed by atoms with Gasteiger partial charge in [0, 0.05) is 6.20 Å². The molecule has 2 aromatic rings. The van der Waals surface area contributed by atoms with E-state index in [1.165, 1.54) is 0 Å². The number of hydrogen-bond donors (Lipinski definition) is 1. The van der Waals surface area contributed by atoms with Crippen molar-refractivity contribution >= 4 is 24.2 Å². The van der Waals surface area contributed by atoms with Crippen molar-refractivity contribution in [1.82, 2.24) is 4.98 Å². The van der Waals surface area contributed by atoms with Gasteiger partial charge in [-0.2, -0.15) is 0 Å². The number of esters is 1. The van der Waals surface area contributed by atoms with E-state index in [4.69, 9.17) is 4.74 Å². The third-order valence-corrected chi connectivity index (χ3v) is 2.60. The molecule has 1 N–H and O–H groups in total. The summed E-state index contributed by atoms with van der Waals surface area (Å²) >= 11 is 0. The average molecular weight is 269 g/mol. The van der Waals surface area contributed by atoms with Gasteiger partial charge in [0.25, 0.3) is 0 Å². The van der Waals surface area contributed by atoms with Gasteiger partial charge in [0.1, 0.15) is 18.8 Å². The Hall–Kier alpha value is -2.69. The molecule has 2 rings (SSSR count). The van der Waals surface area contributed by atoms with Crippen molar-refractivity contribution < 1.29 is 9.53 Å². The van der Waals surface area contributed by atoms with Crippen LogP contribution in [0.15, 0.2) is 53.7 Å². The molecule has 1 aromatic heterocycles. The maximum atomic E-state index is 11.6. The standard InChI is InChI=1S/C15H15N3O2/c1-16-13-8-5-9-17-15(13)18-10-14(19)20-11-12-6-3-2-4-7-12/h2-9H,1,10-11H2,(H,17,18). The molecular weight excluding hydrogens is 254 g/mol. The molecule has 0 radical (unpaired) electrons. The number of rotatable bonds is 6. The van der Waals surface area contributed by atoms with Crippen molar-refractivity contribution in [2.75, 3.05) is 11.9 Å². The van der Waals surface area contributed by atoms with Gasteiger partial charge in [-0.3, -0.25) is 9.79 Å². The molecule has 0 aliphatic heterocycles. The second-order valence-corrected chi connectivity index (χ2v) is 4.03. The van der Waals surface area contributed by atoms with Crippen LogP contribution in [0, 0.1) is 0 Å². The first-order valence-corrected chi connectivity index (χ1v) is 6.15. The van der Waals surface area contributed by atoms with Gasteiger partial charge < -0.3 is 10.1 Å². The van der Waals surface area contributed by atoms with Crippen molar-refractivity contribution in [3.63, 3.8) is 0 Å². The van der Waals surface area contributed by atoms with E-state index in [0.717, 1.165) is 5.56 Å². The molecule has 0 spiro atoms. The third kappa shape index (κ3) is 3.91. The first-order valence-electron chi connectivity index (χ1n) is 6.15. The molecule has 5 nitrogen and oxygen atoms in total. The topological polar surface area (TPSA) is 63.6 Å². The Bertz CT molecular complexity index is 585. The van der Waals surface area contributed by atoms with E-state index >= 15 is 0 Å². The van der Waals surface area contributed by atoms with Gasteiger partial charge >= 0.3 is 5.97 Å². The Morgan fingerprint density at radius 2 is 2.05 bits per heavy atom. The van der Waals surface area contributed by atoms with E-state index in [-0.39, 0.29) is 19.1 Å². The Kier molecular flexibility index (Phi) is 4.83. The highest BCUT2D eigenvalue weighted by Gasteiger charge is 2.06. The van der Waals surface area contributed by atoms with Crippen LogP contribution < -0.4 is 5.32 Å². The molecule has 0 amide bonds. The lowest BCUT2D eigenvalue weighted by atomic mass is 10.2. The Balaban J connectivity index is 1.82. The van der Waals surface area contributed by atoms with E-state index in [2.05, 4.69) is 22.0 Å². The van der Waals surface area contributed by atoms with Crippen LogP contribution in [0.25, 0.3) is 0 Å². The van der Waals surface area contributed by atoms with Crippen molar-refractivity contribution in [3.05, 3.63) is 54.2 Å². The van der Waals surface area contributed by atoms with Crippen molar-refractivity contribution in [3.8, 4) is 0 Å². The molecular formula is C15H15N3O2. The van der Waals surface area contributed by atoms with E-state index < -0.39 is 0 Å². The van der Waals surface area contributed by atoms with E-state index in [0.29, 0.717) is 11.5 Å². The molecule has 1 aromatic carbocycles. The second kappa shape index (κ2) is 7.04. The van der Waals surface area contributed by atoms with Gasteiger partial charge in [-0.15, -0.1) is 0 Å². The van der Waals surface area contributed by atoms with Crippen molar-refractivity contribution in [2.24, 2.45) is 4.99 Å². The Morgan fingerprint density at radius 3 is 2.80 bits per heavy atom. The average Bonchev–Trinajstić information content (AvgIpc) is 2.52. The van der Waals surface area contributed by atoms with Gasteiger partial charge in [-0.25, -0.2) is 4.98 Å². The summed E-state index contributed by atoms with van der Waals surface area (Å²) in [5.41, 5.74) is 1.55. The zero-order valence-corrected chi connectivity index (χ0v) is 11.0. The molecule has 0 aliphatic carbocycles. The largest absolute Gasteiger partial charge is 0.460 e. The normalized spacial score (nSPS) is 9.80. The van der Waals surface area contributed by atoms with Crippen LogP contribution >= 0.6 is 0 Å². The lowest BCUT2D eigenvalue weighted by Crippen LogP contribution is -2.17. The van der Waals surface area contributed by atoms with E-state index in [9.17, 15) is 4.79 Å². The summed E-state index contributed by atoms with van der Waals surface area (Å²) in [6, 6.07) is 13.0. The maximum absolute atomic E-state index is 11.6. The lowest BCUT2D eigenvalue weighted by Gasteiger charge is -2.08. The predicted molar refractivity (Wildman–Crippen MR) is 78.2 cm³/mol. The molecule has 0 aliphatic rings. The lowest BCUT2D eigenvalue weighted by molar-refractivity contribution is -0.142.